The summed E-state index contributed by atoms with van der Waals surface area (Å²) < 4.78 is 2.68. The van der Waals surface area contributed by atoms with Gasteiger partial charge in [-0.2, -0.15) is 0 Å². The van der Waals surface area contributed by atoms with Crippen molar-refractivity contribution >= 4 is 7.87 Å². The van der Waals surface area contributed by atoms with Crippen LogP contribution in [0.15, 0.2) is 0 Å². The molecule has 3 N–H and O–H groups in total. The topological polar surface area (TPSA) is 39.3 Å². The van der Waals surface area contributed by atoms with Crippen molar-refractivity contribution in [1.82, 2.24) is 19.9 Å². The van der Waals surface area contributed by atoms with E-state index in [0.717, 1.165) is 13.1 Å². The van der Waals surface area contributed by atoms with E-state index in [0.29, 0.717) is 18.1 Å². The molecule has 0 atom stereocenters. The van der Waals surface area contributed by atoms with Crippen LogP contribution in [0.4, 0.5) is 0 Å². The number of rotatable bonds is 13. The minimum atomic E-state index is -1.75. The average Bonchev–Trinajstić information content (AvgIpc) is 2.35. The van der Waals surface area contributed by atoms with Gasteiger partial charge in [0.25, 0.3) is 0 Å². The zero-order chi connectivity index (χ0) is 17.2. The Balaban J connectivity index is 0. The maximum Gasteiger partial charge on any atom is 0.301 e. The molecule has 0 rings (SSSR count). The molecule has 23 heavy (non-hydrogen) atoms. The number of hydrogen-bond donors (Lipinski definition) is 3. The Labute approximate surface area is 163 Å². The normalized spacial score (nSPS) is 12.5. The van der Waals surface area contributed by atoms with Crippen molar-refractivity contribution in [2.45, 2.75) is 99.2 Å². The van der Waals surface area contributed by atoms with Crippen LogP contribution in [0, 0.1) is 0 Å². The molecule has 0 aliphatic carbocycles. The van der Waals surface area contributed by atoms with Gasteiger partial charge >= 0.3 is 7.87 Å². The van der Waals surface area contributed by atoms with Crippen LogP contribution in [-0.2, 0) is 0 Å². The first-order valence-corrected chi connectivity index (χ1v) is 11.0. The molecular formula is C17H42IN4P. The Morgan fingerprint density at radius 2 is 1.00 bits per heavy atom. The fourth-order valence-corrected chi connectivity index (χ4v) is 6.41. The first kappa shape index (κ1) is 26.2. The summed E-state index contributed by atoms with van der Waals surface area (Å²) in [5.74, 6) is 0. The lowest BCUT2D eigenvalue weighted by Gasteiger charge is -2.39. The maximum atomic E-state index is 3.89. The lowest BCUT2D eigenvalue weighted by atomic mass is 10.3. The van der Waals surface area contributed by atoms with Crippen LogP contribution < -0.4 is 39.2 Å². The van der Waals surface area contributed by atoms with Gasteiger partial charge in [-0.05, 0) is 54.4 Å². The SMILES string of the molecule is CCCCN(CCCC)[P+](NC(C)C)(NC(C)C)NC(C)C.[I-]. The van der Waals surface area contributed by atoms with Crippen LogP contribution in [-0.4, -0.2) is 35.9 Å². The number of nitrogens with zero attached hydrogens (tertiary/aromatic N) is 1. The highest BCUT2D eigenvalue weighted by atomic mass is 127. The quantitative estimate of drug-likeness (QED) is 0.288. The first-order chi connectivity index (χ1) is 10.3. The summed E-state index contributed by atoms with van der Waals surface area (Å²) in [6.07, 6.45) is 5.00. The fourth-order valence-electron chi connectivity index (χ4n) is 2.57. The molecule has 0 aliphatic heterocycles. The van der Waals surface area contributed by atoms with Crippen LogP contribution in [0.1, 0.15) is 81.1 Å². The second kappa shape index (κ2) is 14.2. The Kier molecular flexibility index (Phi) is 16.2. The Bertz CT molecular complexity index is 241. The molecule has 0 aromatic heterocycles. The third kappa shape index (κ3) is 11.3. The zero-order valence-electron chi connectivity index (χ0n) is 16.7. The van der Waals surface area contributed by atoms with Crippen molar-refractivity contribution in [1.29, 1.82) is 0 Å². The van der Waals surface area contributed by atoms with Crippen LogP contribution >= 0.6 is 7.87 Å². The van der Waals surface area contributed by atoms with E-state index in [9.17, 15) is 0 Å². The second-order valence-electron chi connectivity index (χ2n) is 7.15. The third-order valence-electron chi connectivity index (χ3n) is 3.30. The summed E-state index contributed by atoms with van der Waals surface area (Å²) in [7, 11) is -1.75. The van der Waals surface area contributed by atoms with Crippen molar-refractivity contribution in [3.63, 3.8) is 0 Å². The molecule has 0 aromatic rings. The van der Waals surface area contributed by atoms with Gasteiger partial charge in [0.1, 0.15) is 0 Å². The summed E-state index contributed by atoms with van der Waals surface area (Å²) in [5.41, 5.74) is 0. The molecule has 0 spiro atoms. The Hall–Kier alpha value is 1.00. The van der Waals surface area contributed by atoms with Crippen molar-refractivity contribution < 1.29 is 24.0 Å². The number of unbranched alkanes of at least 4 members (excludes halogenated alkanes) is 2. The standard InChI is InChI=1S/C17H42N4P.HI/c1-9-11-13-21(14-12-10-2)22(18-15(3)4,19-16(5)6)20-17(7)8;/h15-20H,9-14H2,1-8H3;1H/q+1;/p-1. The largest absolute Gasteiger partial charge is 1.00 e. The molecule has 0 unspecified atom stereocenters. The zero-order valence-corrected chi connectivity index (χ0v) is 19.8. The van der Waals surface area contributed by atoms with Crippen molar-refractivity contribution in [3.8, 4) is 0 Å². The molecule has 142 valence electrons. The van der Waals surface area contributed by atoms with E-state index in [1.54, 1.807) is 0 Å². The van der Waals surface area contributed by atoms with Crippen molar-refractivity contribution in [2.24, 2.45) is 0 Å². The average molecular weight is 460 g/mol. The molecule has 0 radical (unpaired) electrons. The smallest absolute Gasteiger partial charge is 0.301 e. The number of nitrogens with one attached hydrogen (secondary N) is 3. The highest BCUT2D eigenvalue weighted by Crippen LogP contribution is 2.51. The highest BCUT2D eigenvalue weighted by Gasteiger charge is 2.47. The molecule has 0 amide bonds. The molecule has 0 bridgehead atoms. The van der Waals surface area contributed by atoms with Crippen LogP contribution in [0.2, 0.25) is 0 Å². The van der Waals surface area contributed by atoms with Crippen molar-refractivity contribution in [3.05, 3.63) is 0 Å². The van der Waals surface area contributed by atoms with Gasteiger partial charge in [-0.1, -0.05) is 26.7 Å². The second-order valence-corrected chi connectivity index (χ2v) is 9.76. The minimum Gasteiger partial charge on any atom is -1.00 e. The Morgan fingerprint density at radius 1 is 0.696 bits per heavy atom. The third-order valence-corrected chi connectivity index (χ3v) is 7.22. The summed E-state index contributed by atoms with van der Waals surface area (Å²) in [6, 6.07) is 1.37. The fraction of sp³-hybridized carbons (Fsp3) is 1.00. The van der Waals surface area contributed by atoms with Crippen LogP contribution in [0.3, 0.4) is 0 Å². The lowest BCUT2D eigenvalue weighted by Crippen LogP contribution is -3.00. The van der Waals surface area contributed by atoms with Crippen LogP contribution in [0.25, 0.3) is 0 Å². The van der Waals surface area contributed by atoms with E-state index in [4.69, 9.17) is 0 Å². The van der Waals surface area contributed by atoms with E-state index in [1.807, 2.05) is 0 Å². The Morgan fingerprint density at radius 3 is 1.22 bits per heavy atom. The molecule has 4 nitrogen and oxygen atoms in total. The highest BCUT2D eigenvalue weighted by molar-refractivity contribution is 7.67. The molecule has 0 aliphatic rings. The van der Waals surface area contributed by atoms with E-state index in [1.165, 1.54) is 25.7 Å². The van der Waals surface area contributed by atoms with E-state index < -0.39 is 7.87 Å². The predicted octanol–water partition coefficient (Wildman–Crippen LogP) is 1.56. The summed E-state index contributed by atoms with van der Waals surface area (Å²) in [6.45, 7) is 20.3. The lowest BCUT2D eigenvalue weighted by molar-refractivity contribution is -0.00000636. The predicted molar refractivity (Wildman–Crippen MR) is 103 cm³/mol. The molecule has 0 heterocycles. The van der Waals surface area contributed by atoms with Gasteiger partial charge in [0.2, 0.25) is 0 Å². The molecule has 0 saturated carbocycles. The first-order valence-electron chi connectivity index (χ1n) is 9.25. The van der Waals surface area contributed by atoms with E-state index >= 15 is 0 Å². The number of halogens is 1. The summed E-state index contributed by atoms with van der Waals surface area (Å²) >= 11 is 0. The van der Waals surface area contributed by atoms with Crippen molar-refractivity contribution in [2.75, 3.05) is 13.1 Å². The van der Waals surface area contributed by atoms with Gasteiger partial charge in [0, 0.05) is 31.2 Å². The summed E-state index contributed by atoms with van der Waals surface area (Å²) in [5, 5.41) is 11.7. The van der Waals surface area contributed by atoms with Gasteiger partial charge in [-0.15, -0.1) is 19.9 Å². The van der Waals surface area contributed by atoms with Gasteiger partial charge < -0.3 is 24.0 Å². The minimum absolute atomic E-state index is 0. The number of hydrogen-bond acceptors (Lipinski definition) is 4. The molecule has 0 saturated heterocycles. The van der Waals surface area contributed by atoms with Gasteiger partial charge in [0.05, 0.1) is 0 Å². The molecule has 6 heteroatoms. The molecule has 0 aromatic carbocycles. The summed E-state index contributed by atoms with van der Waals surface area (Å²) in [4.78, 5) is 0. The monoisotopic (exact) mass is 460 g/mol. The van der Waals surface area contributed by atoms with Crippen LogP contribution in [0.5, 0.6) is 0 Å². The van der Waals surface area contributed by atoms with Gasteiger partial charge in [-0.3, -0.25) is 0 Å². The van der Waals surface area contributed by atoms with Gasteiger partial charge in [0.15, 0.2) is 0 Å². The van der Waals surface area contributed by atoms with Gasteiger partial charge in [-0.25, -0.2) is 0 Å². The van der Waals surface area contributed by atoms with E-state index in [2.05, 4.69) is 75.3 Å². The van der Waals surface area contributed by atoms with E-state index in [-0.39, 0.29) is 24.0 Å². The maximum absolute atomic E-state index is 3.89. The molecule has 0 fully saturated rings. The molecular weight excluding hydrogens is 418 g/mol.